The summed E-state index contributed by atoms with van der Waals surface area (Å²) in [5, 5.41) is 23.4. The molecule has 0 radical (unpaired) electrons. The second-order valence-electron chi connectivity index (χ2n) is 6.04. The van der Waals surface area contributed by atoms with Gasteiger partial charge in [0.2, 0.25) is 5.91 Å². The number of thioether (sulfide) groups is 1. The Labute approximate surface area is 169 Å². The van der Waals surface area contributed by atoms with E-state index in [1.807, 2.05) is 0 Å². The SMILES string of the molecule is O=C(CSc1ncc(CO)n1Cc1ccc(F)cc1)Nc1ccc([N+](=O)[O-])cc1. The summed E-state index contributed by atoms with van der Waals surface area (Å²) in [5.74, 6) is -0.576. The molecule has 1 amide bonds. The highest BCUT2D eigenvalue weighted by Crippen LogP contribution is 2.21. The molecule has 0 aliphatic rings. The van der Waals surface area contributed by atoms with Crippen LogP contribution in [0.25, 0.3) is 0 Å². The number of aliphatic hydroxyl groups is 1. The van der Waals surface area contributed by atoms with Gasteiger partial charge in [-0.3, -0.25) is 14.9 Å². The number of nitrogens with zero attached hydrogens (tertiary/aromatic N) is 3. The van der Waals surface area contributed by atoms with Gasteiger partial charge in [0.15, 0.2) is 5.16 Å². The first-order valence-electron chi connectivity index (χ1n) is 8.53. The number of anilines is 1. The van der Waals surface area contributed by atoms with Crippen molar-refractivity contribution in [3.8, 4) is 0 Å². The number of rotatable bonds is 8. The van der Waals surface area contributed by atoms with Gasteiger partial charge in [0.05, 0.1) is 29.2 Å². The van der Waals surface area contributed by atoms with Crippen molar-refractivity contribution in [2.24, 2.45) is 0 Å². The molecule has 3 rings (SSSR count). The molecule has 0 bridgehead atoms. The third kappa shape index (κ3) is 5.39. The van der Waals surface area contributed by atoms with Crippen molar-refractivity contribution < 1.29 is 19.2 Å². The molecular weight excluding hydrogens is 399 g/mol. The van der Waals surface area contributed by atoms with Crippen LogP contribution in [0, 0.1) is 15.9 Å². The van der Waals surface area contributed by atoms with Gasteiger partial charge in [0, 0.05) is 24.4 Å². The van der Waals surface area contributed by atoms with E-state index in [1.54, 1.807) is 16.7 Å². The standard InChI is InChI=1S/C19H17FN4O4S/c20-14-3-1-13(2-4-14)10-23-17(11-25)9-21-19(23)29-12-18(26)22-15-5-7-16(8-6-15)24(27)28/h1-9,25H,10-12H2,(H,22,26). The molecule has 0 aliphatic heterocycles. The summed E-state index contributed by atoms with van der Waals surface area (Å²) in [4.78, 5) is 26.6. The highest BCUT2D eigenvalue weighted by Gasteiger charge is 2.13. The quantitative estimate of drug-likeness (QED) is 0.331. The monoisotopic (exact) mass is 416 g/mol. The molecule has 2 aromatic carbocycles. The number of nitro benzene ring substituents is 1. The number of carbonyl (C=O) groups is 1. The maximum Gasteiger partial charge on any atom is 0.269 e. The zero-order valence-electron chi connectivity index (χ0n) is 15.1. The molecule has 29 heavy (non-hydrogen) atoms. The van der Waals surface area contributed by atoms with E-state index in [0.717, 1.165) is 5.56 Å². The van der Waals surface area contributed by atoms with E-state index in [2.05, 4.69) is 10.3 Å². The van der Waals surface area contributed by atoms with Crippen LogP contribution in [-0.2, 0) is 17.9 Å². The van der Waals surface area contributed by atoms with Gasteiger partial charge in [-0.2, -0.15) is 0 Å². The van der Waals surface area contributed by atoms with Crippen LogP contribution in [0.1, 0.15) is 11.3 Å². The second kappa shape index (κ2) is 9.30. The Morgan fingerprint density at radius 2 is 1.90 bits per heavy atom. The molecule has 1 heterocycles. The Morgan fingerprint density at radius 3 is 2.52 bits per heavy atom. The lowest BCUT2D eigenvalue weighted by molar-refractivity contribution is -0.384. The zero-order valence-corrected chi connectivity index (χ0v) is 15.9. The predicted molar refractivity (Wildman–Crippen MR) is 106 cm³/mol. The van der Waals surface area contributed by atoms with Crippen molar-refractivity contribution in [1.29, 1.82) is 0 Å². The lowest BCUT2D eigenvalue weighted by atomic mass is 10.2. The number of benzene rings is 2. The molecule has 2 N–H and O–H groups in total. The number of hydrogen-bond acceptors (Lipinski definition) is 6. The fourth-order valence-electron chi connectivity index (χ4n) is 2.57. The van der Waals surface area contributed by atoms with Gasteiger partial charge >= 0.3 is 0 Å². The summed E-state index contributed by atoms with van der Waals surface area (Å²) < 4.78 is 14.9. The van der Waals surface area contributed by atoms with Crippen LogP contribution in [0.2, 0.25) is 0 Å². The molecule has 0 spiro atoms. The molecule has 0 atom stereocenters. The number of carbonyl (C=O) groups excluding carboxylic acids is 1. The Bertz CT molecular complexity index is 1010. The van der Waals surface area contributed by atoms with Gasteiger partial charge in [-0.05, 0) is 29.8 Å². The van der Waals surface area contributed by atoms with Crippen LogP contribution in [0.5, 0.6) is 0 Å². The maximum absolute atomic E-state index is 13.1. The molecule has 3 aromatic rings. The van der Waals surface area contributed by atoms with E-state index >= 15 is 0 Å². The Kier molecular flexibility index (Phi) is 6.57. The molecule has 1 aromatic heterocycles. The molecule has 10 heteroatoms. The van der Waals surface area contributed by atoms with Crippen molar-refractivity contribution in [2.75, 3.05) is 11.1 Å². The van der Waals surface area contributed by atoms with E-state index < -0.39 is 4.92 Å². The average Bonchev–Trinajstić information content (AvgIpc) is 3.10. The summed E-state index contributed by atoms with van der Waals surface area (Å²) in [7, 11) is 0. The van der Waals surface area contributed by atoms with Gasteiger partial charge in [-0.15, -0.1) is 0 Å². The number of non-ortho nitro benzene ring substituents is 1. The minimum Gasteiger partial charge on any atom is -0.390 e. The number of halogens is 1. The van der Waals surface area contributed by atoms with Crippen LogP contribution >= 0.6 is 11.8 Å². The number of imidazole rings is 1. The summed E-state index contributed by atoms with van der Waals surface area (Å²) in [5.41, 5.74) is 1.80. The second-order valence-corrected chi connectivity index (χ2v) is 6.99. The third-order valence-electron chi connectivity index (χ3n) is 4.01. The average molecular weight is 416 g/mol. The third-order valence-corrected chi connectivity index (χ3v) is 5.00. The summed E-state index contributed by atoms with van der Waals surface area (Å²) >= 11 is 1.19. The van der Waals surface area contributed by atoms with Gasteiger partial charge in [0.1, 0.15) is 5.82 Å². The molecule has 0 fully saturated rings. The number of nitrogens with one attached hydrogen (secondary N) is 1. The van der Waals surface area contributed by atoms with E-state index in [0.29, 0.717) is 23.1 Å². The molecule has 8 nitrogen and oxygen atoms in total. The molecule has 0 saturated carbocycles. The lowest BCUT2D eigenvalue weighted by Gasteiger charge is -2.11. The highest BCUT2D eigenvalue weighted by molar-refractivity contribution is 7.99. The van der Waals surface area contributed by atoms with Crippen LogP contribution in [0.3, 0.4) is 0 Å². The van der Waals surface area contributed by atoms with Crippen molar-refractivity contribution in [1.82, 2.24) is 9.55 Å². The van der Waals surface area contributed by atoms with Gasteiger partial charge < -0.3 is 15.0 Å². The molecular formula is C19H17FN4O4S. The van der Waals surface area contributed by atoms with E-state index in [-0.39, 0.29) is 29.8 Å². The normalized spacial score (nSPS) is 10.7. The fourth-order valence-corrected chi connectivity index (χ4v) is 3.37. The maximum atomic E-state index is 13.1. The number of aromatic nitrogens is 2. The van der Waals surface area contributed by atoms with Crippen molar-refractivity contribution in [3.63, 3.8) is 0 Å². The van der Waals surface area contributed by atoms with Crippen LogP contribution in [0.15, 0.2) is 59.9 Å². The molecule has 150 valence electrons. The number of nitro groups is 1. The molecule has 0 aliphatic carbocycles. The summed E-state index contributed by atoms with van der Waals surface area (Å²) in [6.45, 7) is 0.159. The minimum atomic E-state index is -0.513. The van der Waals surface area contributed by atoms with E-state index in [4.69, 9.17) is 0 Å². The summed E-state index contributed by atoms with van der Waals surface area (Å²) in [6.07, 6.45) is 1.53. The Balaban J connectivity index is 1.63. The largest absolute Gasteiger partial charge is 0.390 e. The molecule has 0 unspecified atom stereocenters. The Morgan fingerprint density at radius 1 is 1.21 bits per heavy atom. The van der Waals surface area contributed by atoms with Gasteiger partial charge in [0.25, 0.3) is 5.69 Å². The van der Waals surface area contributed by atoms with Gasteiger partial charge in [-0.25, -0.2) is 9.37 Å². The molecule has 0 saturated heterocycles. The van der Waals surface area contributed by atoms with Crippen LogP contribution in [-0.4, -0.2) is 31.2 Å². The summed E-state index contributed by atoms with van der Waals surface area (Å²) in [6, 6.07) is 11.5. The lowest BCUT2D eigenvalue weighted by Crippen LogP contribution is -2.15. The topological polar surface area (TPSA) is 110 Å². The fraction of sp³-hybridized carbons (Fsp3) is 0.158. The predicted octanol–water partition coefficient (Wildman–Crippen LogP) is 3.20. The Hall–Kier alpha value is -3.24. The number of aliphatic hydroxyl groups excluding tert-OH is 1. The van der Waals surface area contributed by atoms with Crippen molar-refractivity contribution in [2.45, 2.75) is 18.3 Å². The smallest absolute Gasteiger partial charge is 0.269 e. The van der Waals surface area contributed by atoms with Crippen molar-refractivity contribution >= 4 is 29.0 Å². The highest BCUT2D eigenvalue weighted by atomic mass is 32.2. The van der Waals surface area contributed by atoms with Crippen LogP contribution < -0.4 is 5.32 Å². The van der Waals surface area contributed by atoms with E-state index in [1.165, 1.54) is 54.4 Å². The number of amides is 1. The first-order valence-corrected chi connectivity index (χ1v) is 9.51. The van der Waals surface area contributed by atoms with E-state index in [9.17, 15) is 24.4 Å². The minimum absolute atomic E-state index is 0.0578. The first kappa shape index (κ1) is 20.5. The van der Waals surface area contributed by atoms with Gasteiger partial charge in [-0.1, -0.05) is 23.9 Å². The first-order chi connectivity index (χ1) is 14.0. The zero-order chi connectivity index (χ0) is 20.8. The van der Waals surface area contributed by atoms with Crippen molar-refractivity contribution in [3.05, 3.63) is 81.9 Å². The van der Waals surface area contributed by atoms with Crippen LogP contribution in [0.4, 0.5) is 15.8 Å². The number of hydrogen-bond donors (Lipinski definition) is 2.